The maximum Gasteiger partial charge on any atom is 0.120 e. The van der Waals surface area contributed by atoms with Gasteiger partial charge in [0, 0.05) is 5.02 Å². The standard InChI is InChI=1S/C14H21ClO2/c1-11(2)5-3-7-13(16)10-17-14-8-4-6-12(15)9-14/h4,6,8-9,11,13,16H,3,5,7,10H2,1-2H3. The molecule has 1 atom stereocenters. The lowest BCUT2D eigenvalue weighted by Gasteiger charge is -2.13. The summed E-state index contributed by atoms with van der Waals surface area (Å²) in [4.78, 5) is 0. The Morgan fingerprint density at radius 2 is 2.06 bits per heavy atom. The van der Waals surface area contributed by atoms with Crippen LogP contribution in [0.2, 0.25) is 5.02 Å². The van der Waals surface area contributed by atoms with Crippen LogP contribution < -0.4 is 4.74 Å². The van der Waals surface area contributed by atoms with Crippen LogP contribution >= 0.6 is 11.6 Å². The molecule has 0 saturated carbocycles. The van der Waals surface area contributed by atoms with Gasteiger partial charge in [0.1, 0.15) is 12.4 Å². The van der Waals surface area contributed by atoms with Gasteiger partial charge >= 0.3 is 0 Å². The van der Waals surface area contributed by atoms with Gasteiger partial charge < -0.3 is 9.84 Å². The Morgan fingerprint density at radius 3 is 2.71 bits per heavy atom. The largest absolute Gasteiger partial charge is 0.491 e. The van der Waals surface area contributed by atoms with Gasteiger partial charge in [-0.25, -0.2) is 0 Å². The molecule has 2 nitrogen and oxygen atoms in total. The minimum absolute atomic E-state index is 0.332. The van der Waals surface area contributed by atoms with E-state index in [4.69, 9.17) is 16.3 Å². The number of ether oxygens (including phenoxy) is 1. The van der Waals surface area contributed by atoms with Gasteiger partial charge in [0.15, 0.2) is 0 Å². The van der Waals surface area contributed by atoms with Crippen LogP contribution in [0.25, 0.3) is 0 Å². The molecule has 0 saturated heterocycles. The van der Waals surface area contributed by atoms with Crippen molar-refractivity contribution in [2.45, 2.75) is 39.2 Å². The van der Waals surface area contributed by atoms with E-state index < -0.39 is 6.10 Å². The summed E-state index contributed by atoms with van der Waals surface area (Å²) in [5.41, 5.74) is 0. The number of benzene rings is 1. The van der Waals surface area contributed by atoms with Crippen molar-refractivity contribution in [2.75, 3.05) is 6.61 Å². The second-order valence-corrected chi connectivity index (χ2v) is 5.18. The molecule has 1 unspecified atom stereocenters. The van der Waals surface area contributed by atoms with Crippen LogP contribution in [0.3, 0.4) is 0 Å². The van der Waals surface area contributed by atoms with Crippen LogP contribution in [0.15, 0.2) is 24.3 Å². The first-order chi connectivity index (χ1) is 8.08. The average Bonchev–Trinajstić information content (AvgIpc) is 2.26. The average molecular weight is 257 g/mol. The highest BCUT2D eigenvalue weighted by Gasteiger charge is 2.06. The van der Waals surface area contributed by atoms with Crippen LogP contribution in [-0.2, 0) is 0 Å². The molecule has 0 heterocycles. The first-order valence-corrected chi connectivity index (χ1v) is 6.52. The van der Waals surface area contributed by atoms with Gasteiger partial charge in [-0.05, 0) is 30.5 Å². The Balaban J connectivity index is 2.21. The van der Waals surface area contributed by atoms with Gasteiger partial charge in [-0.3, -0.25) is 0 Å². The molecule has 17 heavy (non-hydrogen) atoms. The zero-order valence-corrected chi connectivity index (χ0v) is 11.3. The highest BCUT2D eigenvalue weighted by Crippen LogP contribution is 2.17. The summed E-state index contributed by atoms with van der Waals surface area (Å²) in [5.74, 6) is 1.40. The van der Waals surface area contributed by atoms with E-state index in [0.29, 0.717) is 23.3 Å². The van der Waals surface area contributed by atoms with Crippen LogP contribution in [-0.4, -0.2) is 17.8 Å². The molecule has 1 rings (SSSR count). The summed E-state index contributed by atoms with van der Waals surface area (Å²) in [7, 11) is 0. The van der Waals surface area contributed by atoms with Gasteiger partial charge in [0.2, 0.25) is 0 Å². The molecule has 3 heteroatoms. The second kappa shape index (κ2) is 7.57. The van der Waals surface area contributed by atoms with Crippen molar-refractivity contribution in [1.82, 2.24) is 0 Å². The van der Waals surface area contributed by atoms with Crippen LogP contribution in [0.4, 0.5) is 0 Å². The van der Waals surface area contributed by atoms with Crippen molar-refractivity contribution in [3.63, 3.8) is 0 Å². The van der Waals surface area contributed by atoms with Crippen molar-refractivity contribution in [1.29, 1.82) is 0 Å². The lowest BCUT2D eigenvalue weighted by atomic mass is 10.0. The molecule has 0 aliphatic carbocycles. The molecule has 1 aromatic carbocycles. The quantitative estimate of drug-likeness (QED) is 0.802. The normalized spacial score (nSPS) is 12.8. The molecular formula is C14H21ClO2. The lowest BCUT2D eigenvalue weighted by molar-refractivity contribution is 0.0968. The maximum atomic E-state index is 9.73. The highest BCUT2D eigenvalue weighted by molar-refractivity contribution is 6.30. The third kappa shape index (κ3) is 6.54. The lowest BCUT2D eigenvalue weighted by Crippen LogP contribution is -2.17. The van der Waals surface area contributed by atoms with Crippen molar-refractivity contribution in [3.05, 3.63) is 29.3 Å². The Kier molecular flexibility index (Phi) is 6.38. The van der Waals surface area contributed by atoms with Crippen molar-refractivity contribution >= 4 is 11.6 Å². The Bertz CT molecular complexity index is 326. The summed E-state index contributed by atoms with van der Waals surface area (Å²) < 4.78 is 5.47. The number of hydrogen-bond acceptors (Lipinski definition) is 2. The number of rotatable bonds is 7. The Labute approximate surface area is 109 Å². The molecule has 0 fully saturated rings. The van der Waals surface area contributed by atoms with Gasteiger partial charge in [0.25, 0.3) is 0 Å². The molecule has 0 bridgehead atoms. The van der Waals surface area contributed by atoms with Gasteiger partial charge in [0.05, 0.1) is 6.10 Å². The summed E-state index contributed by atoms with van der Waals surface area (Å²) >= 11 is 5.84. The fourth-order valence-electron chi connectivity index (χ4n) is 1.59. The topological polar surface area (TPSA) is 29.5 Å². The van der Waals surface area contributed by atoms with E-state index >= 15 is 0 Å². The molecule has 0 aliphatic rings. The number of hydrogen-bond donors (Lipinski definition) is 1. The van der Waals surface area contributed by atoms with Crippen LogP contribution in [0.5, 0.6) is 5.75 Å². The summed E-state index contributed by atoms with van der Waals surface area (Å²) in [5, 5.41) is 10.4. The zero-order valence-electron chi connectivity index (χ0n) is 10.5. The number of halogens is 1. The Morgan fingerprint density at radius 1 is 1.29 bits per heavy atom. The van der Waals surface area contributed by atoms with Crippen molar-refractivity contribution < 1.29 is 9.84 Å². The van der Waals surface area contributed by atoms with Gasteiger partial charge in [-0.15, -0.1) is 0 Å². The molecule has 96 valence electrons. The summed E-state index contributed by atoms with van der Waals surface area (Å²) in [6.07, 6.45) is 2.58. The minimum atomic E-state index is -0.396. The third-order valence-electron chi connectivity index (χ3n) is 2.56. The van der Waals surface area contributed by atoms with E-state index in [1.807, 2.05) is 12.1 Å². The zero-order chi connectivity index (χ0) is 12.7. The van der Waals surface area contributed by atoms with E-state index in [9.17, 15) is 5.11 Å². The Hall–Kier alpha value is -0.730. The molecule has 1 aromatic rings. The van der Waals surface area contributed by atoms with E-state index in [1.165, 1.54) is 0 Å². The predicted octanol–water partition coefficient (Wildman–Crippen LogP) is 3.91. The SMILES string of the molecule is CC(C)CCCC(O)COc1cccc(Cl)c1. The number of aliphatic hydroxyl groups is 1. The molecule has 0 spiro atoms. The maximum absolute atomic E-state index is 9.73. The smallest absolute Gasteiger partial charge is 0.120 e. The number of aliphatic hydroxyl groups excluding tert-OH is 1. The monoisotopic (exact) mass is 256 g/mol. The molecule has 1 N–H and O–H groups in total. The predicted molar refractivity (Wildman–Crippen MR) is 71.6 cm³/mol. The summed E-state index contributed by atoms with van der Waals surface area (Å²) in [6, 6.07) is 7.23. The van der Waals surface area contributed by atoms with E-state index in [-0.39, 0.29) is 0 Å². The first kappa shape index (κ1) is 14.3. The van der Waals surface area contributed by atoms with E-state index in [0.717, 1.165) is 19.3 Å². The second-order valence-electron chi connectivity index (χ2n) is 4.75. The van der Waals surface area contributed by atoms with Gasteiger partial charge in [-0.1, -0.05) is 44.4 Å². The van der Waals surface area contributed by atoms with Crippen molar-refractivity contribution in [3.8, 4) is 5.75 Å². The summed E-state index contributed by atoms with van der Waals surface area (Å²) in [6.45, 7) is 4.71. The van der Waals surface area contributed by atoms with E-state index in [1.54, 1.807) is 12.1 Å². The highest BCUT2D eigenvalue weighted by atomic mass is 35.5. The molecular weight excluding hydrogens is 236 g/mol. The first-order valence-electron chi connectivity index (χ1n) is 6.14. The molecule has 0 aliphatic heterocycles. The third-order valence-corrected chi connectivity index (χ3v) is 2.79. The van der Waals surface area contributed by atoms with Crippen molar-refractivity contribution in [2.24, 2.45) is 5.92 Å². The molecule has 0 radical (unpaired) electrons. The van der Waals surface area contributed by atoms with E-state index in [2.05, 4.69) is 13.8 Å². The molecule has 0 aromatic heterocycles. The molecule has 0 amide bonds. The van der Waals surface area contributed by atoms with Gasteiger partial charge in [-0.2, -0.15) is 0 Å². The fourth-order valence-corrected chi connectivity index (χ4v) is 1.77. The van der Waals surface area contributed by atoms with Crippen LogP contribution in [0.1, 0.15) is 33.1 Å². The van der Waals surface area contributed by atoms with Crippen LogP contribution in [0, 0.1) is 5.92 Å². The fraction of sp³-hybridized carbons (Fsp3) is 0.571. The minimum Gasteiger partial charge on any atom is -0.491 e.